The second kappa shape index (κ2) is 7.11. The highest BCUT2D eigenvalue weighted by molar-refractivity contribution is 5.09. The fourth-order valence-electron chi connectivity index (χ4n) is 2.42. The van der Waals surface area contributed by atoms with Crippen molar-refractivity contribution in [1.82, 2.24) is 15.3 Å². The molecule has 1 aromatic rings. The number of nitrogens with zero attached hydrogens (tertiary/aromatic N) is 2. The Bertz CT molecular complexity index is 417. The molecule has 1 aromatic heterocycles. The van der Waals surface area contributed by atoms with Crippen molar-refractivity contribution in [3.63, 3.8) is 0 Å². The zero-order valence-electron chi connectivity index (χ0n) is 12.7. The summed E-state index contributed by atoms with van der Waals surface area (Å²) in [5.41, 5.74) is 0.630. The SMILES string of the molecule is COC1(c2nccc(CNCC(C)C)n2)CCOCC1. The Balaban J connectivity index is 2.07. The Morgan fingerprint density at radius 2 is 2.15 bits per heavy atom. The first kappa shape index (κ1) is 15.4. The topological polar surface area (TPSA) is 56.3 Å². The van der Waals surface area contributed by atoms with Crippen LogP contribution >= 0.6 is 0 Å². The average Bonchev–Trinajstić information content (AvgIpc) is 2.48. The third-order valence-electron chi connectivity index (χ3n) is 3.67. The lowest BCUT2D eigenvalue weighted by Crippen LogP contribution is -2.37. The molecule has 0 saturated carbocycles. The molecular weight excluding hydrogens is 254 g/mol. The van der Waals surface area contributed by atoms with Gasteiger partial charge < -0.3 is 14.8 Å². The van der Waals surface area contributed by atoms with E-state index in [1.165, 1.54) is 0 Å². The van der Waals surface area contributed by atoms with Crippen molar-refractivity contribution in [2.45, 2.75) is 38.8 Å². The lowest BCUT2D eigenvalue weighted by Gasteiger charge is -2.34. The fraction of sp³-hybridized carbons (Fsp3) is 0.733. The van der Waals surface area contributed by atoms with Gasteiger partial charge in [-0.3, -0.25) is 0 Å². The van der Waals surface area contributed by atoms with Gasteiger partial charge >= 0.3 is 0 Å². The molecule has 1 saturated heterocycles. The molecule has 0 radical (unpaired) electrons. The third-order valence-corrected chi connectivity index (χ3v) is 3.67. The van der Waals surface area contributed by atoms with Crippen molar-refractivity contribution < 1.29 is 9.47 Å². The number of aromatic nitrogens is 2. The van der Waals surface area contributed by atoms with Crippen LogP contribution in [0, 0.1) is 5.92 Å². The zero-order valence-corrected chi connectivity index (χ0v) is 12.7. The van der Waals surface area contributed by atoms with Crippen LogP contribution in [0.25, 0.3) is 0 Å². The smallest absolute Gasteiger partial charge is 0.160 e. The molecule has 2 rings (SSSR count). The van der Waals surface area contributed by atoms with Gasteiger partial charge in [-0.2, -0.15) is 0 Å². The van der Waals surface area contributed by atoms with Crippen LogP contribution in [0.2, 0.25) is 0 Å². The Kier molecular flexibility index (Phi) is 5.46. The lowest BCUT2D eigenvalue weighted by molar-refractivity contribution is -0.100. The largest absolute Gasteiger partial charge is 0.381 e. The van der Waals surface area contributed by atoms with Gasteiger partial charge in [0, 0.05) is 45.9 Å². The Labute approximate surface area is 121 Å². The molecule has 0 amide bonds. The molecule has 0 atom stereocenters. The van der Waals surface area contributed by atoms with E-state index in [0.717, 1.165) is 37.4 Å². The highest BCUT2D eigenvalue weighted by atomic mass is 16.5. The normalized spacial score (nSPS) is 18.4. The molecule has 112 valence electrons. The number of ether oxygens (including phenoxy) is 2. The van der Waals surface area contributed by atoms with E-state index in [1.807, 2.05) is 12.3 Å². The predicted molar refractivity (Wildman–Crippen MR) is 77.3 cm³/mol. The molecule has 1 fully saturated rings. The molecule has 5 nitrogen and oxygen atoms in total. The van der Waals surface area contributed by atoms with Gasteiger partial charge in [0.25, 0.3) is 0 Å². The number of hydrogen-bond acceptors (Lipinski definition) is 5. The first-order chi connectivity index (χ1) is 9.66. The van der Waals surface area contributed by atoms with E-state index in [1.54, 1.807) is 7.11 Å². The molecule has 0 spiro atoms. The molecule has 20 heavy (non-hydrogen) atoms. The second-order valence-corrected chi connectivity index (χ2v) is 5.71. The summed E-state index contributed by atoms with van der Waals surface area (Å²) in [6.45, 7) is 7.55. The molecule has 5 heteroatoms. The van der Waals surface area contributed by atoms with Crippen LogP contribution in [-0.2, 0) is 21.6 Å². The van der Waals surface area contributed by atoms with Crippen LogP contribution in [0.15, 0.2) is 12.3 Å². The maximum absolute atomic E-state index is 5.74. The van der Waals surface area contributed by atoms with Gasteiger partial charge in [-0.25, -0.2) is 9.97 Å². The average molecular weight is 279 g/mol. The van der Waals surface area contributed by atoms with Gasteiger partial charge in [-0.15, -0.1) is 0 Å². The highest BCUT2D eigenvalue weighted by Gasteiger charge is 2.37. The standard InChI is InChI=1S/C15H25N3O2/c1-12(2)10-16-11-13-4-7-17-14(18-13)15(19-3)5-8-20-9-6-15/h4,7,12,16H,5-6,8-11H2,1-3H3. The minimum Gasteiger partial charge on any atom is -0.381 e. The van der Waals surface area contributed by atoms with E-state index in [9.17, 15) is 0 Å². The molecule has 0 aliphatic carbocycles. The summed E-state index contributed by atoms with van der Waals surface area (Å²) >= 11 is 0. The number of rotatable bonds is 6. The molecule has 2 heterocycles. The lowest BCUT2D eigenvalue weighted by atomic mass is 9.93. The summed E-state index contributed by atoms with van der Waals surface area (Å²) in [4.78, 5) is 9.11. The van der Waals surface area contributed by atoms with Crippen molar-refractivity contribution >= 4 is 0 Å². The van der Waals surface area contributed by atoms with E-state index < -0.39 is 0 Å². The minimum absolute atomic E-state index is 0.383. The van der Waals surface area contributed by atoms with Gasteiger partial charge in [0.05, 0.1) is 5.69 Å². The summed E-state index contributed by atoms with van der Waals surface area (Å²) in [7, 11) is 1.73. The Hall–Kier alpha value is -1.04. The van der Waals surface area contributed by atoms with Crippen LogP contribution < -0.4 is 5.32 Å². The van der Waals surface area contributed by atoms with Crippen LogP contribution in [0.5, 0.6) is 0 Å². The number of methoxy groups -OCH3 is 1. The van der Waals surface area contributed by atoms with Gasteiger partial charge in [0.2, 0.25) is 0 Å². The second-order valence-electron chi connectivity index (χ2n) is 5.71. The summed E-state index contributed by atoms with van der Waals surface area (Å²) in [5.74, 6) is 1.42. The van der Waals surface area contributed by atoms with Crippen LogP contribution in [-0.4, -0.2) is 36.8 Å². The predicted octanol–water partition coefficient (Wildman–Crippen LogP) is 1.87. The number of nitrogens with one attached hydrogen (secondary N) is 1. The fourth-order valence-corrected chi connectivity index (χ4v) is 2.42. The van der Waals surface area contributed by atoms with Crippen molar-refractivity contribution in [3.05, 3.63) is 23.8 Å². The summed E-state index contributed by atoms with van der Waals surface area (Å²) in [6.07, 6.45) is 3.45. The van der Waals surface area contributed by atoms with Crippen LogP contribution in [0.4, 0.5) is 0 Å². The summed E-state index contributed by atoms with van der Waals surface area (Å²) in [6, 6.07) is 1.96. The van der Waals surface area contributed by atoms with E-state index in [-0.39, 0.29) is 5.60 Å². The van der Waals surface area contributed by atoms with Crippen molar-refractivity contribution in [2.75, 3.05) is 26.9 Å². The molecule has 0 bridgehead atoms. The van der Waals surface area contributed by atoms with E-state index in [0.29, 0.717) is 19.1 Å². The quantitative estimate of drug-likeness (QED) is 0.861. The van der Waals surface area contributed by atoms with Gasteiger partial charge in [0.15, 0.2) is 5.82 Å². The molecule has 1 aliphatic heterocycles. The maximum atomic E-state index is 5.74. The zero-order chi connectivity index (χ0) is 14.4. The molecule has 1 N–H and O–H groups in total. The molecule has 0 aromatic carbocycles. The van der Waals surface area contributed by atoms with Crippen LogP contribution in [0.1, 0.15) is 38.2 Å². The molecule has 1 aliphatic rings. The molecule has 0 unspecified atom stereocenters. The van der Waals surface area contributed by atoms with E-state index >= 15 is 0 Å². The molecular formula is C15H25N3O2. The Morgan fingerprint density at radius 1 is 1.40 bits per heavy atom. The van der Waals surface area contributed by atoms with Gasteiger partial charge in [0.1, 0.15) is 5.60 Å². The van der Waals surface area contributed by atoms with Gasteiger partial charge in [-0.05, 0) is 18.5 Å². The Morgan fingerprint density at radius 3 is 2.80 bits per heavy atom. The summed E-state index contributed by atoms with van der Waals surface area (Å²) < 4.78 is 11.2. The number of hydrogen-bond donors (Lipinski definition) is 1. The van der Waals surface area contributed by atoms with Gasteiger partial charge in [-0.1, -0.05) is 13.8 Å². The summed E-state index contributed by atoms with van der Waals surface area (Å²) in [5, 5.41) is 3.41. The van der Waals surface area contributed by atoms with Crippen molar-refractivity contribution in [2.24, 2.45) is 5.92 Å². The van der Waals surface area contributed by atoms with E-state index in [4.69, 9.17) is 9.47 Å². The maximum Gasteiger partial charge on any atom is 0.160 e. The highest BCUT2D eigenvalue weighted by Crippen LogP contribution is 2.33. The first-order valence-electron chi connectivity index (χ1n) is 7.32. The van der Waals surface area contributed by atoms with E-state index in [2.05, 4.69) is 29.1 Å². The first-order valence-corrected chi connectivity index (χ1v) is 7.32. The third kappa shape index (κ3) is 3.75. The van der Waals surface area contributed by atoms with Crippen molar-refractivity contribution in [1.29, 1.82) is 0 Å². The van der Waals surface area contributed by atoms with Crippen molar-refractivity contribution in [3.8, 4) is 0 Å². The minimum atomic E-state index is -0.383. The van der Waals surface area contributed by atoms with Crippen LogP contribution in [0.3, 0.4) is 0 Å². The monoisotopic (exact) mass is 279 g/mol.